The SMILES string of the molecule is COCCC(=O)N[C@@]1(C)C[C@H](c2ccccc2O)O[C@@H]2C[C@H](C)CC[C@H]21. The van der Waals surface area contributed by atoms with Gasteiger partial charge in [0.05, 0.1) is 18.8 Å². The predicted octanol–water partition coefficient (Wildman–Crippen LogP) is 3.57. The average molecular weight is 361 g/mol. The average Bonchev–Trinajstić information content (AvgIpc) is 2.59. The van der Waals surface area contributed by atoms with Gasteiger partial charge < -0.3 is 19.9 Å². The van der Waals surface area contributed by atoms with E-state index in [0.29, 0.717) is 31.3 Å². The second-order valence-corrected chi connectivity index (χ2v) is 8.16. The summed E-state index contributed by atoms with van der Waals surface area (Å²) in [6, 6.07) is 7.35. The molecule has 5 atom stereocenters. The quantitative estimate of drug-likeness (QED) is 0.841. The monoisotopic (exact) mass is 361 g/mol. The Hall–Kier alpha value is -1.59. The lowest BCUT2D eigenvalue weighted by molar-refractivity contribution is -0.154. The Balaban J connectivity index is 1.85. The Morgan fingerprint density at radius 2 is 2.15 bits per heavy atom. The highest BCUT2D eigenvalue weighted by Gasteiger charge is 2.49. The van der Waals surface area contributed by atoms with E-state index in [0.717, 1.165) is 24.8 Å². The van der Waals surface area contributed by atoms with Gasteiger partial charge in [0, 0.05) is 37.0 Å². The third-order valence-electron chi connectivity index (χ3n) is 6.06. The summed E-state index contributed by atoms with van der Waals surface area (Å²) < 4.78 is 11.5. The van der Waals surface area contributed by atoms with Crippen LogP contribution in [0, 0.1) is 11.8 Å². The molecule has 1 saturated carbocycles. The molecule has 1 saturated heterocycles. The van der Waals surface area contributed by atoms with Crippen molar-refractivity contribution in [1.82, 2.24) is 5.32 Å². The van der Waals surface area contributed by atoms with Crippen molar-refractivity contribution in [2.24, 2.45) is 11.8 Å². The van der Waals surface area contributed by atoms with E-state index in [2.05, 4.69) is 19.2 Å². The van der Waals surface area contributed by atoms with Crippen LogP contribution in [0.1, 0.15) is 57.6 Å². The highest BCUT2D eigenvalue weighted by atomic mass is 16.5. The number of amides is 1. The molecular weight excluding hydrogens is 330 g/mol. The normalized spacial score (nSPS) is 34.1. The Morgan fingerprint density at radius 3 is 2.88 bits per heavy atom. The molecule has 1 amide bonds. The number of aromatic hydroxyl groups is 1. The molecule has 5 heteroatoms. The summed E-state index contributed by atoms with van der Waals surface area (Å²) in [6.07, 6.45) is 4.13. The first-order valence-corrected chi connectivity index (χ1v) is 9.66. The van der Waals surface area contributed by atoms with E-state index < -0.39 is 0 Å². The minimum atomic E-state index is -0.346. The van der Waals surface area contributed by atoms with Crippen LogP contribution in [0.4, 0.5) is 0 Å². The van der Waals surface area contributed by atoms with Gasteiger partial charge in [-0.15, -0.1) is 0 Å². The van der Waals surface area contributed by atoms with Crippen molar-refractivity contribution in [3.05, 3.63) is 29.8 Å². The van der Waals surface area contributed by atoms with Crippen LogP contribution in [0.3, 0.4) is 0 Å². The van der Waals surface area contributed by atoms with Crippen molar-refractivity contribution < 1.29 is 19.4 Å². The fourth-order valence-corrected chi connectivity index (χ4v) is 4.67. The molecule has 1 aliphatic carbocycles. The molecule has 1 aromatic carbocycles. The summed E-state index contributed by atoms with van der Waals surface area (Å²) in [7, 11) is 1.61. The minimum Gasteiger partial charge on any atom is -0.508 e. The number of fused-ring (bicyclic) bond motifs is 1. The van der Waals surface area contributed by atoms with Gasteiger partial charge in [0.25, 0.3) is 0 Å². The summed E-state index contributed by atoms with van der Waals surface area (Å²) in [5, 5.41) is 13.6. The highest BCUT2D eigenvalue weighted by molar-refractivity contribution is 5.77. The maximum atomic E-state index is 12.4. The first-order chi connectivity index (χ1) is 12.4. The Bertz CT molecular complexity index is 634. The Morgan fingerprint density at radius 1 is 1.38 bits per heavy atom. The molecule has 1 aliphatic heterocycles. The number of para-hydroxylation sites is 1. The fourth-order valence-electron chi connectivity index (χ4n) is 4.67. The van der Waals surface area contributed by atoms with Crippen LogP contribution in [0.5, 0.6) is 5.75 Å². The Kier molecular flexibility index (Phi) is 5.88. The first kappa shape index (κ1) is 19.2. The number of hydrogen-bond donors (Lipinski definition) is 2. The zero-order valence-electron chi connectivity index (χ0n) is 16.0. The topological polar surface area (TPSA) is 67.8 Å². The molecule has 0 bridgehead atoms. The first-order valence-electron chi connectivity index (χ1n) is 9.66. The van der Waals surface area contributed by atoms with E-state index in [4.69, 9.17) is 9.47 Å². The van der Waals surface area contributed by atoms with Gasteiger partial charge in [-0.2, -0.15) is 0 Å². The molecule has 26 heavy (non-hydrogen) atoms. The van der Waals surface area contributed by atoms with Gasteiger partial charge in [0.15, 0.2) is 0 Å². The van der Waals surface area contributed by atoms with Crippen molar-refractivity contribution in [2.75, 3.05) is 13.7 Å². The number of phenolic OH excluding ortho intramolecular Hbond substituents is 1. The summed E-state index contributed by atoms with van der Waals surface area (Å²) in [5.74, 6) is 1.19. The zero-order chi connectivity index (χ0) is 18.7. The number of carbonyl (C=O) groups excluding carboxylic acids is 1. The van der Waals surface area contributed by atoms with Gasteiger partial charge in [-0.05, 0) is 31.7 Å². The van der Waals surface area contributed by atoms with Crippen LogP contribution in [-0.4, -0.2) is 36.4 Å². The number of ether oxygens (including phenoxy) is 2. The molecule has 1 heterocycles. The van der Waals surface area contributed by atoms with Gasteiger partial charge in [-0.1, -0.05) is 31.5 Å². The molecule has 0 aromatic heterocycles. The number of methoxy groups -OCH3 is 1. The zero-order valence-corrected chi connectivity index (χ0v) is 16.0. The summed E-state index contributed by atoms with van der Waals surface area (Å²) in [4.78, 5) is 12.4. The van der Waals surface area contributed by atoms with E-state index >= 15 is 0 Å². The molecule has 0 unspecified atom stereocenters. The van der Waals surface area contributed by atoms with Crippen LogP contribution in [0.25, 0.3) is 0 Å². The van der Waals surface area contributed by atoms with Gasteiger partial charge >= 0.3 is 0 Å². The number of rotatable bonds is 5. The highest BCUT2D eigenvalue weighted by Crippen LogP contribution is 2.48. The van der Waals surface area contributed by atoms with Crippen molar-refractivity contribution in [1.29, 1.82) is 0 Å². The fraction of sp³-hybridized carbons (Fsp3) is 0.667. The van der Waals surface area contributed by atoms with E-state index in [1.54, 1.807) is 13.2 Å². The molecular formula is C21H31NO4. The van der Waals surface area contributed by atoms with Gasteiger partial charge in [-0.3, -0.25) is 4.79 Å². The van der Waals surface area contributed by atoms with Crippen LogP contribution in [0.15, 0.2) is 24.3 Å². The number of benzene rings is 1. The molecule has 3 rings (SSSR count). The van der Waals surface area contributed by atoms with Crippen LogP contribution in [0.2, 0.25) is 0 Å². The van der Waals surface area contributed by atoms with E-state index in [9.17, 15) is 9.90 Å². The second kappa shape index (κ2) is 7.97. The van der Waals surface area contributed by atoms with Gasteiger partial charge in [-0.25, -0.2) is 0 Å². The van der Waals surface area contributed by atoms with Crippen LogP contribution >= 0.6 is 0 Å². The number of hydrogen-bond acceptors (Lipinski definition) is 4. The third-order valence-corrected chi connectivity index (χ3v) is 6.06. The van der Waals surface area contributed by atoms with Crippen molar-refractivity contribution in [3.63, 3.8) is 0 Å². The third kappa shape index (κ3) is 4.04. The van der Waals surface area contributed by atoms with Gasteiger partial charge in [0.2, 0.25) is 5.91 Å². The number of carbonyl (C=O) groups is 1. The molecule has 2 fully saturated rings. The molecule has 0 spiro atoms. The summed E-state index contributed by atoms with van der Waals surface area (Å²) >= 11 is 0. The maximum Gasteiger partial charge on any atom is 0.222 e. The summed E-state index contributed by atoms with van der Waals surface area (Å²) in [5.41, 5.74) is 0.461. The number of nitrogens with one attached hydrogen (secondary N) is 1. The van der Waals surface area contributed by atoms with Crippen molar-refractivity contribution in [2.45, 2.75) is 63.7 Å². The second-order valence-electron chi connectivity index (χ2n) is 8.16. The molecule has 2 N–H and O–H groups in total. The molecule has 1 aromatic rings. The van der Waals surface area contributed by atoms with Crippen LogP contribution < -0.4 is 5.32 Å². The van der Waals surface area contributed by atoms with E-state index in [-0.39, 0.29) is 29.4 Å². The maximum absolute atomic E-state index is 12.4. The van der Waals surface area contributed by atoms with E-state index in [1.165, 1.54) is 0 Å². The Labute approximate surface area is 156 Å². The summed E-state index contributed by atoms with van der Waals surface area (Å²) in [6.45, 7) is 4.82. The standard InChI is InChI=1S/C21H31NO4/c1-14-8-9-16-18(12-14)26-19(15-6-4-5-7-17(15)23)13-21(16,2)22-20(24)10-11-25-3/h4-7,14,16,18-19,23H,8-13H2,1-3H3,(H,22,24)/t14-,16-,18-,19-,21+/m1/s1. The van der Waals surface area contributed by atoms with Crippen molar-refractivity contribution >= 4 is 5.91 Å². The van der Waals surface area contributed by atoms with Crippen LogP contribution in [-0.2, 0) is 14.3 Å². The van der Waals surface area contributed by atoms with E-state index in [1.807, 2.05) is 18.2 Å². The number of phenols is 1. The van der Waals surface area contributed by atoms with Crippen molar-refractivity contribution in [3.8, 4) is 5.75 Å². The van der Waals surface area contributed by atoms with Gasteiger partial charge in [0.1, 0.15) is 5.75 Å². The lowest BCUT2D eigenvalue weighted by Crippen LogP contribution is -2.60. The minimum absolute atomic E-state index is 0.0182. The largest absolute Gasteiger partial charge is 0.508 e. The molecule has 5 nitrogen and oxygen atoms in total. The smallest absolute Gasteiger partial charge is 0.222 e. The molecule has 0 radical (unpaired) electrons. The molecule has 2 aliphatic rings. The molecule has 144 valence electrons. The lowest BCUT2D eigenvalue weighted by atomic mass is 9.66. The predicted molar refractivity (Wildman–Crippen MR) is 99.9 cm³/mol. The lowest BCUT2D eigenvalue weighted by Gasteiger charge is -2.52.